The third-order valence-corrected chi connectivity index (χ3v) is 4.10. The fourth-order valence-corrected chi connectivity index (χ4v) is 2.87. The molecule has 1 heterocycles. The van der Waals surface area contributed by atoms with Crippen molar-refractivity contribution in [1.82, 2.24) is 4.57 Å². The molecule has 0 aliphatic heterocycles. The molecule has 0 radical (unpaired) electrons. The predicted octanol–water partition coefficient (Wildman–Crippen LogP) is 4.96. The van der Waals surface area contributed by atoms with Crippen LogP contribution in [0.5, 0.6) is 5.75 Å². The molecule has 4 nitrogen and oxygen atoms in total. The number of esters is 1. The summed E-state index contributed by atoms with van der Waals surface area (Å²) in [6.07, 6.45) is -3.46. The van der Waals surface area contributed by atoms with Crippen molar-refractivity contribution >= 4 is 5.97 Å². The molecule has 0 saturated heterocycles. The van der Waals surface area contributed by atoms with Crippen molar-refractivity contribution in [3.8, 4) is 22.6 Å². The van der Waals surface area contributed by atoms with Crippen LogP contribution in [0.2, 0.25) is 0 Å². The summed E-state index contributed by atoms with van der Waals surface area (Å²) >= 11 is 0. The van der Waals surface area contributed by atoms with Gasteiger partial charge in [-0.05, 0) is 29.8 Å². The van der Waals surface area contributed by atoms with Crippen molar-refractivity contribution in [1.29, 1.82) is 0 Å². The predicted molar refractivity (Wildman–Crippen MR) is 94.1 cm³/mol. The Morgan fingerprint density at radius 2 is 1.59 bits per heavy atom. The number of halogens is 3. The third-order valence-electron chi connectivity index (χ3n) is 4.10. The second-order valence-electron chi connectivity index (χ2n) is 5.69. The van der Waals surface area contributed by atoms with Gasteiger partial charge >= 0.3 is 12.1 Å². The second-order valence-corrected chi connectivity index (χ2v) is 5.69. The Labute approximate surface area is 153 Å². The van der Waals surface area contributed by atoms with Gasteiger partial charge < -0.3 is 14.0 Å². The van der Waals surface area contributed by atoms with Crippen LogP contribution in [0.4, 0.5) is 13.2 Å². The summed E-state index contributed by atoms with van der Waals surface area (Å²) in [5.41, 5.74) is -0.753. The number of carbonyl (C=O) groups excluding carboxylic acids is 1. The molecule has 0 bridgehead atoms. The maximum atomic E-state index is 13.9. The van der Waals surface area contributed by atoms with E-state index < -0.39 is 23.4 Å². The lowest BCUT2D eigenvalue weighted by Crippen LogP contribution is -2.17. The average Bonchev–Trinajstić information content (AvgIpc) is 3.09. The molecular weight excluding hydrogens is 359 g/mol. The molecule has 2 aromatic carbocycles. The summed E-state index contributed by atoms with van der Waals surface area (Å²) in [6.45, 7) is 0. The van der Waals surface area contributed by atoms with E-state index in [0.29, 0.717) is 11.3 Å². The Morgan fingerprint density at radius 3 is 2.11 bits per heavy atom. The van der Waals surface area contributed by atoms with E-state index in [1.54, 1.807) is 42.5 Å². The number of para-hydroxylation sites is 1. The van der Waals surface area contributed by atoms with Crippen molar-refractivity contribution in [3.63, 3.8) is 0 Å². The molecule has 3 aromatic rings. The zero-order chi connectivity index (χ0) is 19.6. The monoisotopic (exact) mass is 375 g/mol. The molecule has 0 spiro atoms. The SMILES string of the molecule is COC(=O)c1c(-c2ccc(OC)cc2)cn(-c2ccccc2)c1C(F)(F)F. The van der Waals surface area contributed by atoms with Gasteiger partial charge in [-0.3, -0.25) is 0 Å². The molecular formula is C20H16F3NO3. The van der Waals surface area contributed by atoms with Crippen LogP contribution >= 0.6 is 0 Å². The van der Waals surface area contributed by atoms with Crippen LogP contribution in [0.1, 0.15) is 16.1 Å². The number of aromatic nitrogens is 1. The highest BCUT2D eigenvalue weighted by atomic mass is 19.4. The van der Waals surface area contributed by atoms with Gasteiger partial charge in [-0.1, -0.05) is 30.3 Å². The topological polar surface area (TPSA) is 40.5 Å². The number of carbonyl (C=O) groups is 1. The smallest absolute Gasteiger partial charge is 0.432 e. The molecule has 0 atom stereocenters. The highest BCUT2D eigenvalue weighted by molar-refractivity contribution is 5.99. The van der Waals surface area contributed by atoms with Gasteiger partial charge in [0, 0.05) is 17.4 Å². The molecule has 27 heavy (non-hydrogen) atoms. The summed E-state index contributed by atoms with van der Waals surface area (Å²) in [4.78, 5) is 12.3. The highest BCUT2D eigenvalue weighted by Crippen LogP contribution is 2.40. The van der Waals surface area contributed by atoms with Crippen molar-refractivity contribution < 1.29 is 27.4 Å². The van der Waals surface area contributed by atoms with Gasteiger partial charge in [0.1, 0.15) is 11.4 Å². The number of benzene rings is 2. The molecule has 7 heteroatoms. The number of nitrogens with zero attached hydrogens (tertiary/aromatic N) is 1. The van der Waals surface area contributed by atoms with Gasteiger partial charge in [0.05, 0.1) is 19.8 Å². The van der Waals surface area contributed by atoms with Crippen molar-refractivity contribution in [3.05, 3.63) is 72.1 Å². The molecule has 0 amide bonds. The molecule has 0 saturated carbocycles. The van der Waals surface area contributed by atoms with E-state index in [-0.39, 0.29) is 11.3 Å². The maximum absolute atomic E-state index is 13.9. The van der Waals surface area contributed by atoms with Gasteiger partial charge in [-0.2, -0.15) is 13.2 Å². The molecule has 0 N–H and O–H groups in total. The normalized spacial score (nSPS) is 11.3. The molecule has 0 fully saturated rings. The van der Waals surface area contributed by atoms with Crippen LogP contribution in [0.25, 0.3) is 16.8 Å². The minimum absolute atomic E-state index is 0.126. The van der Waals surface area contributed by atoms with Gasteiger partial charge in [0.25, 0.3) is 0 Å². The van der Waals surface area contributed by atoms with Crippen molar-refractivity contribution in [2.45, 2.75) is 6.18 Å². The lowest BCUT2D eigenvalue weighted by Gasteiger charge is -2.13. The number of methoxy groups -OCH3 is 2. The summed E-state index contributed by atoms with van der Waals surface area (Å²) in [7, 11) is 2.54. The number of ether oxygens (including phenoxy) is 2. The van der Waals surface area contributed by atoms with Crippen molar-refractivity contribution in [2.75, 3.05) is 14.2 Å². The summed E-state index contributed by atoms with van der Waals surface area (Å²) in [5.74, 6) is -0.500. The number of hydrogen-bond acceptors (Lipinski definition) is 3. The molecule has 0 unspecified atom stereocenters. The first-order valence-corrected chi connectivity index (χ1v) is 7.97. The van der Waals surface area contributed by atoms with Gasteiger partial charge in [-0.25, -0.2) is 4.79 Å². The molecule has 140 valence electrons. The fourth-order valence-electron chi connectivity index (χ4n) is 2.87. The molecule has 0 aliphatic rings. The van der Waals surface area contributed by atoms with Gasteiger partial charge in [0.15, 0.2) is 0 Å². The quantitative estimate of drug-likeness (QED) is 0.606. The third kappa shape index (κ3) is 3.53. The fraction of sp³-hybridized carbons (Fsp3) is 0.150. The minimum Gasteiger partial charge on any atom is -0.497 e. The Hall–Kier alpha value is -3.22. The minimum atomic E-state index is -4.76. The maximum Gasteiger partial charge on any atom is 0.432 e. The van der Waals surface area contributed by atoms with Gasteiger partial charge in [0.2, 0.25) is 0 Å². The number of alkyl halides is 3. The average molecular weight is 375 g/mol. The number of rotatable bonds is 4. The van der Waals surface area contributed by atoms with Crippen LogP contribution in [-0.4, -0.2) is 24.8 Å². The van der Waals surface area contributed by atoms with Crippen LogP contribution in [-0.2, 0) is 10.9 Å². The largest absolute Gasteiger partial charge is 0.497 e. The van der Waals surface area contributed by atoms with E-state index in [9.17, 15) is 18.0 Å². The first-order chi connectivity index (χ1) is 12.9. The van der Waals surface area contributed by atoms with Crippen LogP contribution in [0.15, 0.2) is 60.8 Å². The van der Waals surface area contributed by atoms with E-state index >= 15 is 0 Å². The first kappa shape index (κ1) is 18.6. The van der Waals surface area contributed by atoms with E-state index in [4.69, 9.17) is 4.74 Å². The Balaban J connectivity index is 2.32. The highest BCUT2D eigenvalue weighted by Gasteiger charge is 2.42. The lowest BCUT2D eigenvalue weighted by molar-refractivity contribution is -0.142. The Bertz CT molecular complexity index is 945. The van der Waals surface area contributed by atoms with E-state index in [1.807, 2.05) is 0 Å². The summed E-state index contributed by atoms with van der Waals surface area (Å²) in [5, 5.41) is 0. The first-order valence-electron chi connectivity index (χ1n) is 7.97. The van der Waals surface area contributed by atoms with Crippen LogP contribution in [0, 0.1) is 0 Å². The summed E-state index contributed by atoms with van der Waals surface area (Å²) < 4.78 is 52.4. The second kappa shape index (κ2) is 7.19. The van der Waals surface area contributed by atoms with Crippen LogP contribution in [0.3, 0.4) is 0 Å². The number of hydrogen-bond donors (Lipinski definition) is 0. The zero-order valence-corrected chi connectivity index (χ0v) is 14.6. The van der Waals surface area contributed by atoms with Crippen LogP contribution < -0.4 is 4.74 Å². The zero-order valence-electron chi connectivity index (χ0n) is 14.6. The van der Waals surface area contributed by atoms with E-state index in [1.165, 1.54) is 25.4 Å². The summed E-state index contributed by atoms with van der Waals surface area (Å²) in [6, 6.07) is 14.4. The Morgan fingerprint density at radius 1 is 0.963 bits per heavy atom. The molecule has 0 aliphatic carbocycles. The molecule has 1 aromatic heterocycles. The standard InChI is InChI=1S/C20H16F3NO3/c1-26-15-10-8-13(9-11-15)16-12-24(14-6-4-3-5-7-14)18(20(21,22)23)17(16)19(25)27-2/h3-12H,1-2H3. The van der Waals surface area contributed by atoms with Crippen molar-refractivity contribution in [2.24, 2.45) is 0 Å². The Kier molecular flexibility index (Phi) is 4.94. The van der Waals surface area contributed by atoms with E-state index in [2.05, 4.69) is 4.74 Å². The van der Waals surface area contributed by atoms with E-state index in [0.717, 1.165) is 11.7 Å². The lowest BCUT2D eigenvalue weighted by atomic mass is 10.0. The molecule has 3 rings (SSSR count). The van der Waals surface area contributed by atoms with Gasteiger partial charge in [-0.15, -0.1) is 0 Å².